The molecule has 0 radical (unpaired) electrons. The van der Waals surface area contributed by atoms with Crippen LogP contribution >= 0.6 is 0 Å². The highest BCUT2D eigenvalue weighted by molar-refractivity contribution is 4.95. The van der Waals surface area contributed by atoms with E-state index in [1.54, 1.807) is 0 Å². The lowest BCUT2D eigenvalue weighted by Gasteiger charge is -2.45. The summed E-state index contributed by atoms with van der Waals surface area (Å²) in [6, 6.07) is 0. The predicted molar refractivity (Wildman–Crippen MR) is 54.3 cm³/mol. The van der Waals surface area contributed by atoms with Crippen LogP contribution in [0.25, 0.3) is 0 Å². The first-order chi connectivity index (χ1) is 5.59. The summed E-state index contributed by atoms with van der Waals surface area (Å²) < 4.78 is 0. The normalized spacial score (nSPS) is 23.5. The van der Waals surface area contributed by atoms with Gasteiger partial charge in [-0.2, -0.15) is 0 Å². The molecule has 0 aliphatic carbocycles. The SMILES string of the molecule is CC(C)C1(C(C)C)CCCCN1. The van der Waals surface area contributed by atoms with Crippen molar-refractivity contribution in [1.82, 2.24) is 5.32 Å². The average molecular weight is 169 g/mol. The van der Waals surface area contributed by atoms with Gasteiger partial charge in [0.25, 0.3) is 0 Å². The van der Waals surface area contributed by atoms with Crippen LogP contribution in [-0.4, -0.2) is 12.1 Å². The van der Waals surface area contributed by atoms with E-state index < -0.39 is 0 Å². The minimum absolute atomic E-state index is 0.429. The minimum atomic E-state index is 0.429. The molecule has 0 saturated carbocycles. The van der Waals surface area contributed by atoms with Crippen molar-refractivity contribution in [3.05, 3.63) is 0 Å². The van der Waals surface area contributed by atoms with Crippen LogP contribution in [0.15, 0.2) is 0 Å². The second-order valence-electron chi connectivity index (χ2n) is 4.73. The first kappa shape index (κ1) is 10.0. The average Bonchev–Trinajstić information content (AvgIpc) is 2.05. The van der Waals surface area contributed by atoms with Crippen LogP contribution in [0.2, 0.25) is 0 Å². The zero-order valence-corrected chi connectivity index (χ0v) is 8.98. The fraction of sp³-hybridized carbons (Fsp3) is 1.00. The molecule has 0 spiro atoms. The molecule has 1 N–H and O–H groups in total. The Bertz CT molecular complexity index is 122. The first-order valence-electron chi connectivity index (χ1n) is 5.34. The molecule has 1 saturated heterocycles. The van der Waals surface area contributed by atoms with E-state index in [1.165, 1.54) is 25.8 Å². The molecule has 1 rings (SSSR count). The molecule has 0 aromatic rings. The van der Waals surface area contributed by atoms with Gasteiger partial charge >= 0.3 is 0 Å². The molecule has 0 unspecified atom stereocenters. The van der Waals surface area contributed by atoms with Gasteiger partial charge in [-0.25, -0.2) is 0 Å². The van der Waals surface area contributed by atoms with Crippen LogP contribution < -0.4 is 5.32 Å². The fourth-order valence-electron chi connectivity index (χ4n) is 2.60. The molecule has 0 aromatic heterocycles. The number of hydrogen-bond donors (Lipinski definition) is 1. The van der Waals surface area contributed by atoms with Gasteiger partial charge < -0.3 is 5.32 Å². The molecular weight excluding hydrogens is 146 g/mol. The van der Waals surface area contributed by atoms with Crippen molar-refractivity contribution in [3.8, 4) is 0 Å². The third kappa shape index (κ3) is 1.66. The molecule has 0 aromatic carbocycles. The van der Waals surface area contributed by atoms with E-state index >= 15 is 0 Å². The molecule has 1 heteroatoms. The Morgan fingerprint density at radius 2 is 1.58 bits per heavy atom. The van der Waals surface area contributed by atoms with Crippen molar-refractivity contribution in [3.63, 3.8) is 0 Å². The Kier molecular flexibility index (Phi) is 3.16. The van der Waals surface area contributed by atoms with Gasteiger partial charge in [0.05, 0.1) is 0 Å². The smallest absolute Gasteiger partial charge is 0.0227 e. The van der Waals surface area contributed by atoms with Gasteiger partial charge in [-0.05, 0) is 31.2 Å². The van der Waals surface area contributed by atoms with Crippen LogP contribution in [0.4, 0.5) is 0 Å². The first-order valence-corrected chi connectivity index (χ1v) is 5.34. The molecule has 12 heavy (non-hydrogen) atoms. The Labute approximate surface area is 76.9 Å². The van der Waals surface area contributed by atoms with E-state index in [-0.39, 0.29) is 0 Å². The molecule has 72 valence electrons. The van der Waals surface area contributed by atoms with Crippen LogP contribution in [0.1, 0.15) is 47.0 Å². The Morgan fingerprint density at radius 3 is 1.83 bits per heavy atom. The summed E-state index contributed by atoms with van der Waals surface area (Å²) in [5, 5.41) is 3.73. The summed E-state index contributed by atoms with van der Waals surface area (Å²) in [5.74, 6) is 1.52. The Balaban J connectivity index is 2.70. The van der Waals surface area contributed by atoms with E-state index in [9.17, 15) is 0 Å². The molecule has 1 fully saturated rings. The minimum Gasteiger partial charge on any atom is -0.311 e. The van der Waals surface area contributed by atoms with Gasteiger partial charge in [0, 0.05) is 5.54 Å². The van der Waals surface area contributed by atoms with Crippen molar-refractivity contribution in [2.45, 2.75) is 52.5 Å². The van der Waals surface area contributed by atoms with Crippen molar-refractivity contribution < 1.29 is 0 Å². The zero-order valence-electron chi connectivity index (χ0n) is 8.98. The monoisotopic (exact) mass is 169 g/mol. The number of nitrogens with one attached hydrogen (secondary N) is 1. The Morgan fingerprint density at radius 1 is 1.00 bits per heavy atom. The third-order valence-electron chi connectivity index (χ3n) is 3.53. The molecule has 0 amide bonds. The van der Waals surface area contributed by atoms with E-state index in [0.717, 1.165) is 11.8 Å². The highest BCUT2D eigenvalue weighted by atomic mass is 15.0. The molecule has 1 aliphatic rings. The van der Waals surface area contributed by atoms with Crippen molar-refractivity contribution in [2.24, 2.45) is 11.8 Å². The fourth-order valence-corrected chi connectivity index (χ4v) is 2.60. The van der Waals surface area contributed by atoms with Crippen molar-refractivity contribution in [1.29, 1.82) is 0 Å². The lowest BCUT2D eigenvalue weighted by Crippen LogP contribution is -2.56. The second kappa shape index (κ2) is 3.78. The van der Waals surface area contributed by atoms with E-state index in [2.05, 4.69) is 33.0 Å². The Hall–Kier alpha value is -0.0400. The maximum absolute atomic E-state index is 3.73. The van der Waals surface area contributed by atoms with E-state index in [4.69, 9.17) is 0 Å². The van der Waals surface area contributed by atoms with E-state index in [1.807, 2.05) is 0 Å². The number of piperidine rings is 1. The summed E-state index contributed by atoms with van der Waals surface area (Å²) in [5.41, 5.74) is 0.429. The van der Waals surface area contributed by atoms with E-state index in [0.29, 0.717) is 5.54 Å². The van der Waals surface area contributed by atoms with Crippen molar-refractivity contribution in [2.75, 3.05) is 6.54 Å². The van der Waals surface area contributed by atoms with Gasteiger partial charge in [-0.15, -0.1) is 0 Å². The quantitative estimate of drug-likeness (QED) is 0.670. The lowest BCUT2D eigenvalue weighted by atomic mass is 9.72. The zero-order chi connectivity index (χ0) is 9.19. The lowest BCUT2D eigenvalue weighted by molar-refractivity contribution is 0.124. The van der Waals surface area contributed by atoms with Gasteiger partial charge in [0.2, 0.25) is 0 Å². The third-order valence-corrected chi connectivity index (χ3v) is 3.53. The second-order valence-corrected chi connectivity index (χ2v) is 4.73. The summed E-state index contributed by atoms with van der Waals surface area (Å²) >= 11 is 0. The summed E-state index contributed by atoms with van der Waals surface area (Å²) in [6.45, 7) is 10.6. The topological polar surface area (TPSA) is 12.0 Å². The predicted octanol–water partition coefficient (Wildman–Crippen LogP) is 2.81. The van der Waals surface area contributed by atoms with Gasteiger partial charge in [0.15, 0.2) is 0 Å². The molecule has 1 nitrogen and oxygen atoms in total. The number of rotatable bonds is 2. The number of hydrogen-bond acceptors (Lipinski definition) is 1. The molecule has 1 heterocycles. The molecule has 0 atom stereocenters. The summed E-state index contributed by atoms with van der Waals surface area (Å²) in [7, 11) is 0. The van der Waals surface area contributed by atoms with Crippen LogP contribution in [0.3, 0.4) is 0 Å². The maximum Gasteiger partial charge on any atom is 0.0227 e. The van der Waals surface area contributed by atoms with Crippen molar-refractivity contribution >= 4 is 0 Å². The highest BCUT2D eigenvalue weighted by Crippen LogP contribution is 2.33. The summed E-state index contributed by atoms with van der Waals surface area (Å²) in [4.78, 5) is 0. The van der Waals surface area contributed by atoms with Gasteiger partial charge in [-0.1, -0.05) is 34.1 Å². The van der Waals surface area contributed by atoms with Crippen LogP contribution in [0, 0.1) is 11.8 Å². The van der Waals surface area contributed by atoms with Gasteiger partial charge in [-0.3, -0.25) is 0 Å². The highest BCUT2D eigenvalue weighted by Gasteiger charge is 2.37. The standard InChI is InChI=1S/C11H23N/c1-9(2)11(10(3)4)7-5-6-8-12-11/h9-10,12H,5-8H2,1-4H3. The molecular formula is C11H23N. The largest absolute Gasteiger partial charge is 0.311 e. The molecule has 1 aliphatic heterocycles. The van der Waals surface area contributed by atoms with Crippen LogP contribution in [0.5, 0.6) is 0 Å². The maximum atomic E-state index is 3.73. The molecule has 0 bridgehead atoms. The summed E-state index contributed by atoms with van der Waals surface area (Å²) in [6.07, 6.45) is 4.13. The van der Waals surface area contributed by atoms with Gasteiger partial charge in [0.1, 0.15) is 0 Å². The van der Waals surface area contributed by atoms with Crippen LogP contribution in [-0.2, 0) is 0 Å².